The quantitative estimate of drug-likeness (QED) is 0.382. The van der Waals surface area contributed by atoms with Gasteiger partial charge in [-0.05, 0) is 18.1 Å². The lowest BCUT2D eigenvalue weighted by molar-refractivity contribution is 0.949. The first-order chi connectivity index (χ1) is 8.65. The molecule has 4 nitrogen and oxygen atoms in total. The maximum absolute atomic E-state index is 7.31. The number of aromatic nitrogens is 2. The third-order valence-electron chi connectivity index (χ3n) is 2.39. The van der Waals surface area contributed by atoms with Gasteiger partial charge in [0.1, 0.15) is 5.84 Å². The minimum absolute atomic E-state index is 0.0936. The van der Waals surface area contributed by atoms with Crippen LogP contribution >= 0.6 is 11.8 Å². The van der Waals surface area contributed by atoms with Gasteiger partial charge in [0.05, 0.1) is 0 Å². The number of hydrogen-bond donors (Lipinski definition) is 2. The van der Waals surface area contributed by atoms with E-state index in [1.807, 2.05) is 43.6 Å². The van der Waals surface area contributed by atoms with Crippen LogP contribution in [-0.4, -0.2) is 15.8 Å². The molecule has 2 aromatic rings. The molecule has 0 atom stereocenters. The van der Waals surface area contributed by atoms with Gasteiger partial charge < -0.3 is 5.73 Å². The molecule has 0 saturated heterocycles. The predicted molar refractivity (Wildman–Crippen MR) is 73.8 cm³/mol. The molecule has 0 bridgehead atoms. The Labute approximate surface area is 110 Å². The molecule has 0 aliphatic rings. The van der Waals surface area contributed by atoms with Gasteiger partial charge in [-0.3, -0.25) is 5.41 Å². The number of rotatable bonds is 4. The van der Waals surface area contributed by atoms with Crippen molar-refractivity contribution < 1.29 is 0 Å². The van der Waals surface area contributed by atoms with E-state index in [2.05, 4.69) is 9.97 Å². The fraction of sp³-hybridized carbons (Fsp3) is 0.154. The lowest BCUT2D eigenvalue weighted by Gasteiger charge is -2.02. The Balaban J connectivity index is 1.97. The summed E-state index contributed by atoms with van der Waals surface area (Å²) in [5.74, 6) is 0.900. The van der Waals surface area contributed by atoms with E-state index in [0.717, 1.165) is 27.6 Å². The van der Waals surface area contributed by atoms with Crippen molar-refractivity contribution >= 4 is 17.6 Å². The van der Waals surface area contributed by atoms with Crippen LogP contribution in [-0.2, 0) is 5.75 Å². The first-order valence-electron chi connectivity index (χ1n) is 5.50. The number of nitrogen functional groups attached to an aromatic ring is 1. The van der Waals surface area contributed by atoms with Crippen molar-refractivity contribution in [3.63, 3.8) is 0 Å². The van der Waals surface area contributed by atoms with Gasteiger partial charge in [0.2, 0.25) is 0 Å². The van der Waals surface area contributed by atoms with Crippen LogP contribution in [0.4, 0.5) is 0 Å². The monoisotopic (exact) mass is 258 g/mol. The largest absolute Gasteiger partial charge is 0.384 e. The van der Waals surface area contributed by atoms with E-state index >= 15 is 0 Å². The zero-order valence-corrected chi connectivity index (χ0v) is 10.9. The van der Waals surface area contributed by atoms with Crippen molar-refractivity contribution in [1.29, 1.82) is 5.41 Å². The molecule has 5 heteroatoms. The van der Waals surface area contributed by atoms with Gasteiger partial charge in [0.15, 0.2) is 5.16 Å². The predicted octanol–water partition coefficient (Wildman–Crippen LogP) is 2.36. The molecule has 3 N–H and O–H groups in total. The molecule has 1 aromatic carbocycles. The summed E-state index contributed by atoms with van der Waals surface area (Å²) in [4.78, 5) is 8.47. The minimum atomic E-state index is 0.0936. The van der Waals surface area contributed by atoms with Crippen LogP contribution < -0.4 is 5.73 Å². The zero-order valence-electron chi connectivity index (χ0n) is 10.1. The average molecular weight is 258 g/mol. The smallest absolute Gasteiger partial charge is 0.187 e. The van der Waals surface area contributed by atoms with Gasteiger partial charge in [-0.15, -0.1) is 0 Å². The number of benzene rings is 1. The summed E-state index contributed by atoms with van der Waals surface area (Å²) in [7, 11) is 0. The molecule has 0 aliphatic carbocycles. The van der Waals surface area contributed by atoms with Crippen LogP contribution in [0.1, 0.15) is 16.7 Å². The van der Waals surface area contributed by atoms with Crippen LogP contribution in [0.2, 0.25) is 0 Å². The van der Waals surface area contributed by atoms with E-state index in [1.54, 1.807) is 11.8 Å². The van der Waals surface area contributed by atoms with Gasteiger partial charge in [-0.25, -0.2) is 9.97 Å². The Morgan fingerprint density at radius 3 is 2.39 bits per heavy atom. The van der Waals surface area contributed by atoms with Crippen LogP contribution in [0.25, 0.3) is 0 Å². The molecule has 0 aliphatic heterocycles. The summed E-state index contributed by atoms with van der Waals surface area (Å²) in [6.07, 6.45) is 3.63. The van der Waals surface area contributed by atoms with Crippen LogP contribution in [0.15, 0.2) is 41.8 Å². The summed E-state index contributed by atoms with van der Waals surface area (Å²) in [5, 5.41) is 8.09. The maximum Gasteiger partial charge on any atom is 0.187 e. The molecular weight excluding hydrogens is 244 g/mol. The van der Waals surface area contributed by atoms with Crippen molar-refractivity contribution in [1.82, 2.24) is 9.97 Å². The highest BCUT2D eigenvalue weighted by Gasteiger charge is 2.00. The minimum Gasteiger partial charge on any atom is -0.384 e. The molecule has 1 aromatic heterocycles. The third-order valence-corrected chi connectivity index (χ3v) is 3.34. The second kappa shape index (κ2) is 5.64. The van der Waals surface area contributed by atoms with E-state index in [-0.39, 0.29) is 5.84 Å². The molecule has 0 fully saturated rings. The molecule has 0 spiro atoms. The summed E-state index contributed by atoms with van der Waals surface area (Å²) in [6, 6.07) is 7.65. The number of amidine groups is 1. The molecule has 92 valence electrons. The molecule has 0 saturated carbocycles. The second-order valence-corrected chi connectivity index (χ2v) is 4.88. The Bertz CT molecular complexity index is 534. The lowest BCUT2D eigenvalue weighted by atomic mass is 10.1. The molecule has 0 amide bonds. The van der Waals surface area contributed by atoms with Crippen LogP contribution in [0.3, 0.4) is 0 Å². The summed E-state index contributed by atoms with van der Waals surface area (Å²) >= 11 is 1.59. The third kappa shape index (κ3) is 3.30. The normalized spacial score (nSPS) is 10.3. The average Bonchev–Trinajstić information content (AvgIpc) is 2.38. The highest BCUT2D eigenvalue weighted by Crippen LogP contribution is 2.18. The van der Waals surface area contributed by atoms with E-state index in [4.69, 9.17) is 11.1 Å². The topological polar surface area (TPSA) is 75.7 Å². The molecule has 1 heterocycles. The molecule has 0 radical (unpaired) electrons. The molecule has 0 unspecified atom stereocenters. The summed E-state index contributed by atoms with van der Waals surface area (Å²) < 4.78 is 0. The van der Waals surface area contributed by atoms with Crippen molar-refractivity contribution in [2.45, 2.75) is 17.8 Å². The zero-order chi connectivity index (χ0) is 13.0. The standard InChI is InChI=1S/C13H14N4S/c1-9-6-16-13(17-7-9)18-8-10-2-4-11(5-3-10)12(14)15/h2-7H,8H2,1H3,(H3,14,15). The fourth-order valence-electron chi connectivity index (χ4n) is 1.38. The SMILES string of the molecule is Cc1cnc(SCc2ccc(C(=N)N)cc2)nc1. The van der Waals surface area contributed by atoms with Crippen LogP contribution in [0, 0.1) is 12.3 Å². The van der Waals surface area contributed by atoms with Crippen LogP contribution in [0.5, 0.6) is 0 Å². The number of nitrogens with zero attached hydrogens (tertiary/aromatic N) is 2. The first kappa shape index (κ1) is 12.6. The number of nitrogens with one attached hydrogen (secondary N) is 1. The first-order valence-corrected chi connectivity index (χ1v) is 6.48. The number of nitrogens with two attached hydrogens (primary N) is 1. The fourth-order valence-corrected chi connectivity index (χ4v) is 2.13. The summed E-state index contributed by atoms with van der Waals surface area (Å²) in [6.45, 7) is 1.97. The van der Waals surface area contributed by atoms with Crippen molar-refractivity contribution in [2.24, 2.45) is 5.73 Å². The maximum atomic E-state index is 7.31. The summed E-state index contributed by atoms with van der Waals surface area (Å²) in [5.41, 5.74) is 8.37. The Morgan fingerprint density at radius 2 is 1.83 bits per heavy atom. The lowest BCUT2D eigenvalue weighted by Crippen LogP contribution is -2.10. The van der Waals surface area contributed by atoms with Gasteiger partial charge in [0, 0.05) is 23.7 Å². The second-order valence-electron chi connectivity index (χ2n) is 3.94. The van der Waals surface area contributed by atoms with Gasteiger partial charge in [-0.1, -0.05) is 36.0 Å². The molecule has 2 rings (SSSR count). The highest BCUT2D eigenvalue weighted by molar-refractivity contribution is 7.98. The van der Waals surface area contributed by atoms with Crippen molar-refractivity contribution in [3.05, 3.63) is 53.3 Å². The van der Waals surface area contributed by atoms with Gasteiger partial charge >= 0.3 is 0 Å². The Kier molecular flexibility index (Phi) is 3.94. The number of thioether (sulfide) groups is 1. The highest BCUT2D eigenvalue weighted by atomic mass is 32.2. The molecule has 18 heavy (non-hydrogen) atoms. The van der Waals surface area contributed by atoms with E-state index in [1.165, 1.54) is 0 Å². The Hall–Kier alpha value is -1.88. The number of aryl methyl sites for hydroxylation is 1. The van der Waals surface area contributed by atoms with E-state index in [9.17, 15) is 0 Å². The number of hydrogen-bond acceptors (Lipinski definition) is 4. The molecular formula is C13H14N4S. The van der Waals surface area contributed by atoms with E-state index in [0.29, 0.717) is 0 Å². The van der Waals surface area contributed by atoms with Crippen molar-refractivity contribution in [3.8, 4) is 0 Å². The van der Waals surface area contributed by atoms with Gasteiger partial charge in [0.25, 0.3) is 0 Å². The van der Waals surface area contributed by atoms with E-state index < -0.39 is 0 Å². The Morgan fingerprint density at radius 1 is 1.22 bits per heavy atom. The van der Waals surface area contributed by atoms with Gasteiger partial charge in [-0.2, -0.15) is 0 Å². The van der Waals surface area contributed by atoms with Crippen molar-refractivity contribution in [2.75, 3.05) is 0 Å².